The molecule has 7 nitrogen and oxygen atoms in total. The van der Waals surface area contributed by atoms with E-state index in [9.17, 15) is 13.7 Å². The number of para-hydroxylation sites is 1. The number of aromatic nitrogens is 2. The van der Waals surface area contributed by atoms with Crippen molar-refractivity contribution in [2.24, 2.45) is 0 Å². The van der Waals surface area contributed by atoms with E-state index < -0.39 is 10.0 Å². The molecule has 30 heavy (non-hydrogen) atoms. The van der Waals surface area contributed by atoms with Crippen molar-refractivity contribution in [3.8, 4) is 28.7 Å². The number of sulfonamides is 1. The highest BCUT2D eigenvalue weighted by atomic mass is 32.2. The van der Waals surface area contributed by atoms with E-state index in [4.69, 9.17) is 4.74 Å². The molecule has 0 spiro atoms. The maximum absolute atomic E-state index is 12.6. The molecule has 0 fully saturated rings. The lowest BCUT2D eigenvalue weighted by Crippen LogP contribution is -2.13. The molecule has 148 valence electrons. The van der Waals surface area contributed by atoms with Gasteiger partial charge in [0.05, 0.1) is 10.5 Å². The monoisotopic (exact) mass is 434 g/mol. The summed E-state index contributed by atoms with van der Waals surface area (Å²) in [6.07, 6.45) is 1.25. The summed E-state index contributed by atoms with van der Waals surface area (Å²) in [5.74, 6) is 0.818. The quantitative estimate of drug-likeness (QED) is 0.473. The predicted octanol–water partition coefficient (Wildman–Crippen LogP) is 4.67. The van der Waals surface area contributed by atoms with E-state index in [-0.39, 0.29) is 21.3 Å². The van der Waals surface area contributed by atoms with Crippen LogP contribution in [0.2, 0.25) is 0 Å². The number of hydrogen-bond acceptors (Lipinski definition) is 7. The SMILES string of the molecule is N#Cc1cc(S(=O)(=O)Nc2ncns2)ccc1Oc1ccccc1-c1ccccc1. The predicted molar refractivity (Wildman–Crippen MR) is 114 cm³/mol. The zero-order valence-corrected chi connectivity index (χ0v) is 17.0. The molecule has 0 bridgehead atoms. The van der Waals surface area contributed by atoms with Gasteiger partial charge in [-0.3, -0.25) is 4.72 Å². The lowest BCUT2D eigenvalue weighted by Gasteiger charge is -2.13. The van der Waals surface area contributed by atoms with E-state index in [1.54, 1.807) is 6.07 Å². The second-order valence-corrected chi connectivity index (χ2v) is 8.55. The fourth-order valence-electron chi connectivity index (χ4n) is 2.77. The van der Waals surface area contributed by atoms with Crippen molar-refractivity contribution >= 4 is 26.7 Å². The zero-order chi connectivity index (χ0) is 21.0. The average molecular weight is 435 g/mol. The van der Waals surface area contributed by atoms with Gasteiger partial charge in [-0.1, -0.05) is 48.5 Å². The topological polar surface area (TPSA) is 105 Å². The van der Waals surface area contributed by atoms with Crippen LogP contribution in [0.3, 0.4) is 0 Å². The highest BCUT2D eigenvalue weighted by molar-refractivity contribution is 7.93. The normalized spacial score (nSPS) is 10.9. The first-order valence-corrected chi connectivity index (χ1v) is 11.0. The third kappa shape index (κ3) is 4.15. The Morgan fingerprint density at radius 1 is 0.967 bits per heavy atom. The van der Waals surface area contributed by atoms with Gasteiger partial charge in [0.15, 0.2) is 0 Å². The molecule has 0 atom stereocenters. The van der Waals surface area contributed by atoms with Crippen LogP contribution in [0.1, 0.15) is 5.56 Å². The number of nitrogens with zero attached hydrogens (tertiary/aromatic N) is 3. The van der Waals surface area contributed by atoms with E-state index in [0.29, 0.717) is 5.75 Å². The molecule has 0 saturated carbocycles. The smallest absolute Gasteiger partial charge is 0.263 e. The van der Waals surface area contributed by atoms with Gasteiger partial charge in [-0.25, -0.2) is 13.4 Å². The molecular formula is C21H14N4O3S2. The van der Waals surface area contributed by atoms with E-state index in [1.165, 1.54) is 24.5 Å². The number of nitriles is 1. The van der Waals surface area contributed by atoms with Gasteiger partial charge < -0.3 is 4.74 Å². The average Bonchev–Trinajstić information content (AvgIpc) is 3.27. The zero-order valence-electron chi connectivity index (χ0n) is 15.4. The molecule has 0 radical (unpaired) electrons. The molecule has 1 N–H and O–H groups in total. The van der Waals surface area contributed by atoms with Crippen molar-refractivity contribution in [2.75, 3.05) is 4.72 Å². The lowest BCUT2D eigenvalue weighted by atomic mass is 10.0. The highest BCUT2D eigenvalue weighted by Crippen LogP contribution is 2.35. The molecule has 0 unspecified atom stereocenters. The van der Waals surface area contributed by atoms with Crippen LogP contribution in [0.15, 0.2) is 84.0 Å². The Morgan fingerprint density at radius 2 is 1.73 bits per heavy atom. The summed E-state index contributed by atoms with van der Waals surface area (Å²) in [4.78, 5) is 3.74. The van der Waals surface area contributed by atoms with Crippen LogP contribution in [0.25, 0.3) is 11.1 Å². The van der Waals surface area contributed by atoms with Crippen LogP contribution in [0.5, 0.6) is 11.5 Å². The third-order valence-corrected chi connectivity index (χ3v) is 6.20. The number of rotatable bonds is 6. The minimum atomic E-state index is -3.91. The summed E-state index contributed by atoms with van der Waals surface area (Å²) in [7, 11) is -3.91. The van der Waals surface area contributed by atoms with Gasteiger partial charge in [-0.15, -0.1) is 0 Å². The van der Waals surface area contributed by atoms with Gasteiger partial charge in [0.1, 0.15) is 23.9 Å². The standard InChI is InChI=1S/C21H14N4O3S2/c22-13-16-12-17(30(26,27)25-21-23-14-24-29-21)10-11-19(16)28-20-9-5-4-8-18(20)15-6-2-1-3-7-15/h1-12,14H,(H,23,24,25). The van der Waals surface area contributed by atoms with Crippen LogP contribution in [-0.4, -0.2) is 17.8 Å². The molecule has 0 amide bonds. The van der Waals surface area contributed by atoms with Crippen LogP contribution >= 0.6 is 11.5 Å². The molecule has 4 aromatic rings. The molecule has 0 saturated heterocycles. The summed E-state index contributed by atoms with van der Waals surface area (Å²) >= 11 is 0.918. The largest absolute Gasteiger partial charge is 0.455 e. The summed E-state index contributed by atoms with van der Waals surface area (Å²) in [5, 5.41) is 9.71. The number of hydrogen-bond donors (Lipinski definition) is 1. The summed E-state index contributed by atoms with van der Waals surface area (Å²) in [5.41, 5.74) is 1.92. The Balaban J connectivity index is 1.67. The van der Waals surface area contributed by atoms with E-state index >= 15 is 0 Å². The Morgan fingerprint density at radius 3 is 2.47 bits per heavy atom. The third-order valence-electron chi connectivity index (χ3n) is 4.16. The summed E-state index contributed by atoms with van der Waals surface area (Å²) in [6.45, 7) is 0. The van der Waals surface area contributed by atoms with Gasteiger partial charge >= 0.3 is 0 Å². The fraction of sp³-hybridized carbons (Fsp3) is 0. The lowest BCUT2D eigenvalue weighted by molar-refractivity contribution is 0.482. The molecule has 0 aliphatic heterocycles. The first-order valence-electron chi connectivity index (χ1n) is 8.73. The Kier molecular flexibility index (Phi) is 5.43. The van der Waals surface area contributed by atoms with Gasteiger partial charge in [0.25, 0.3) is 10.0 Å². The fourth-order valence-corrected chi connectivity index (χ4v) is 4.46. The van der Waals surface area contributed by atoms with Crippen molar-refractivity contribution < 1.29 is 13.2 Å². The maximum Gasteiger partial charge on any atom is 0.263 e. The Labute approximate surface area is 177 Å². The van der Waals surface area contributed by atoms with Crippen LogP contribution in [0.4, 0.5) is 5.13 Å². The minimum Gasteiger partial charge on any atom is -0.455 e. The molecular weight excluding hydrogens is 420 g/mol. The second-order valence-electron chi connectivity index (χ2n) is 6.09. The van der Waals surface area contributed by atoms with Crippen LogP contribution in [-0.2, 0) is 10.0 Å². The number of ether oxygens (including phenoxy) is 1. The van der Waals surface area contributed by atoms with E-state index in [1.807, 2.05) is 54.6 Å². The number of nitrogens with one attached hydrogen (secondary N) is 1. The van der Waals surface area contributed by atoms with Crippen LogP contribution in [0, 0.1) is 11.3 Å². The van der Waals surface area contributed by atoms with Gasteiger partial charge in [-0.05, 0) is 29.8 Å². The first kappa shape index (κ1) is 19.6. The van der Waals surface area contributed by atoms with Crippen molar-refractivity contribution in [1.29, 1.82) is 5.26 Å². The molecule has 4 rings (SSSR count). The molecule has 0 aliphatic rings. The number of benzene rings is 3. The second kappa shape index (κ2) is 8.32. The maximum atomic E-state index is 12.6. The number of anilines is 1. The molecule has 0 aliphatic carbocycles. The van der Waals surface area contributed by atoms with Gasteiger partial charge in [0, 0.05) is 17.1 Å². The summed E-state index contributed by atoms with van der Waals surface area (Å²) in [6, 6.07) is 23.3. The highest BCUT2D eigenvalue weighted by Gasteiger charge is 2.19. The van der Waals surface area contributed by atoms with E-state index in [0.717, 1.165) is 22.7 Å². The van der Waals surface area contributed by atoms with Gasteiger partial charge in [-0.2, -0.15) is 9.64 Å². The molecule has 3 aromatic carbocycles. The molecule has 9 heteroatoms. The van der Waals surface area contributed by atoms with Crippen molar-refractivity contribution in [3.63, 3.8) is 0 Å². The van der Waals surface area contributed by atoms with Crippen molar-refractivity contribution in [1.82, 2.24) is 9.36 Å². The van der Waals surface area contributed by atoms with Crippen LogP contribution < -0.4 is 9.46 Å². The molecule has 1 heterocycles. The Hall–Kier alpha value is -3.74. The van der Waals surface area contributed by atoms with Crippen molar-refractivity contribution in [3.05, 3.63) is 84.7 Å². The first-order chi connectivity index (χ1) is 14.6. The Bertz CT molecular complexity index is 1320. The van der Waals surface area contributed by atoms with Crippen molar-refractivity contribution in [2.45, 2.75) is 4.90 Å². The van der Waals surface area contributed by atoms with E-state index in [2.05, 4.69) is 14.1 Å². The summed E-state index contributed by atoms with van der Waals surface area (Å²) < 4.78 is 37.2. The minimum absolute atomic E-state index is 0.0713. The molecule has 1 aromatic heterocycles. The van der Waals surface area contributed by atoms with Gasteiger partial charge in [0.2, 0.25) is 5.13 Å².